The first-order chi connectivity index (χ1) is 11.9. The number of aromatic nitrogens is 2. The smallest absolute Gasteiger partial charge is 0.156 e. The molecule has 120 valence electrons. The van der Waals surface area contributed by atoms with Crippen LogP contribution in [0.5, 0.6) is 0 Å². The molecule has 0 atom stereocenters. The summed E-state index contributed by atoms with van der Waals surface area (Å²) in [6, 6.07) is 8.07. The zero-order valence-electron chi connectivity index (χ0n) is 13.4. The summed E-state index contributed by atoms with van der Waals surface area (Å²) in [5.74, 6) is 1.56. The van der Waals surface area contributed by atoms with E-state index in [4.69, 9.17) is 9.72 Å². The van der Waals surface area contributed by atoms with Crippen LogP contribution in [0.25, 0.3) is 21.7 Å². The Kier molecular flexibility index (Phi) is 3.88. The molecule has 0 amide bonds. The molecule has 0 unspecified atom stereocenters. The number of fused-ring (bicyclic) bond motifs is 3. The molecule has 24 heavy (non-hydrogen) atoms. The number of rotatable bonds is 5. The normalized spacial score (nSPS) is 13.6. The zero-order chi connectivity index (χ0) is 16.4. The van der Waals surface area contributed by atoms with Crippen LogP contribution in [0.15, 0.2) is 46.6 Å². The minimum atomic E-state index is 0.616. The molecule has 0 aliphatic carbocycles. The quantitative estimate of drug-likeness (QED) is 0.580. The highest BCUT2D eigenvalue weighted by Crippen LogP contribution is 2.30. The van der Waals surface area contributed by atoms with Crippen LogP contribution in [0.3, 0.4) is 0 Å². The second-order valence-corrected chi connectivity index (χ2v) is 5.48. The molecule has 0 bridgehead atoms. The monoisotopic (exact) mass is 319 g/mol. The number of methoxy groups -OCH3 is 1. The molecule has 3 heterocycles. The van der Waals surface area contributed by atoms with Crippen LogP contribution in [-0.2, 0) is 4.74 Å². The van der Waals surface area contributed by atoms with Crippen LogP contribution < -0.4 is 5.32 Å². The Labute approximate surface area is 139 Å². The molecule has 6 heteroatoms. The van der Waals surface area contributed by atoms with E-state index in [1.54, 1.807) is 13.3 Å². The van der Waals surface area contributed by atoms with Crippen molar-refractivity contribution in [3.8, 4) is 0 Å². The van der Waals surface area contributed by atoms with Gasteiger partial charge in [0.1, 0.15) is 5.82 Å². The number of aliphatic imine (C=N–C) groups is 2. The first-order valence-electron chi connectivity index (χ1n) is 7.85. The number of para-hydroxylation sites is 1. The lowest BCUT2D eigenvalue weighted by atomic mass is 10.0. The van der Waals surface area contributed by atoms with E-state index >= 15 is 0 Å². The van der Waals surface area contributed by atoms with Crippen molar-refractivity contribution in [3.05, 3.63) is 42.2 Å². The number of amidine groups is 1. The van der Waals surface area contributed by atoms with Gasteiger partial charge in [-0.1, -0.05) is 12.1 Å². The van der Waals surface area contributed by atoms with Gasteiger partial charge in [0.25, 0.3) is 0 Å². The summed E-state index contributed by atoms with van der Waals surface area (Å²) in [4.78, 5) is 18.0. The maximum atomic E-state index is 5.13. The summed E-state index contributed by atoms with van der Waals surface area (Å²) >= 11 is 0. The van der Waals surface area contributed by atoms with Crippen molar-refractivity contribution in [1.82, 2.24) is 9.97 Å². The largest absolute Gasteiger partial charge is 0.383 e. The van der Waals surface area contributed by atoms with Crippen molar-refractivity contribution in [2.24, 2.45) is 9.98 Å². The van der Waals surface area contributed by atoms with Crippen molar-refractivity contribution in [2.45, 2.75) is 0 Å². The number of nitrogens with zero attached hydrogens (tertiary/aromatic N) is 4. The first-order valence-corrected chi connectivity index (χ1v) is 7.85. The Morgan fingerprint density at radius 2 is 2.12 bits per heavy atom. The van der Waals surface area contributed by atoms with Gasteiger partial charge in [0.15, 0.2) is 5.84 Å². The molecule has 0 saturated heterocycles. The van der Waals surface area contributed by atoms with Crippen molar-refractivity contribution in [1.29, 1.82) is 0 Å². The van der Waals surface area contributed by atoms with Crippen LogP contribution in [0.1, 0.15) is 5.56 Å². The van der Waals surface area contributed by atoms with E-state index in [9.17, 15) is 0 Å². The molecule has 0 fully saturated rings. The van der Waals surface area contributed by atoms with Gasteiger partial charge in [0.05, 0.1) is 18.7 Å². The van der Waals surface area contributed by atoms with Crippen LogP contribution in [0, 0.1) is 0 Å². The fourth-order valence-corrected chi connectivity index (χ4v) is 2.91. The van der Waals surface area contributed by atoms with Gasteiger partial charge in [-0.2, -0.15) is 0 Å². The number of anilines is 1. The van der Waals surface area contributed by atoms with Gasteiger partial charge in [-0.3, -0.25) is 9.98 Å². The molecule has 2 aromatic heterocycles. The molecule has 0 spiro atoms. The fourth-order valence-electron chi connectivity index (χ4n) is 2.91. The molecule has 1 N–H and O–H groups in total. The summed E-state index contributed by atoms with van der Waals surface area (Å²) in [5.41, 5.74) is 1.83. The molecule has 4 rings (SSSR count). The Morgan fingerprint density at radius 3 is 2.96 bits per heavy atom. The Hall–Kier alpha value is -2.86. The van der Waals surface area contributed by atoms with Gasteiger partial charge >= 0.3 is 0 Å². The molecular weight excluding hydrogens is 302 g/mol. The van der Waals surface area contributed by atoms with Gasteiger partial charge < -0.3 is 10.1 Å². The van der Waals surface area contributed by atoms with Gasteiger partial charge in [-0.15, -0.1) is 0 Å². The van der Waals surface area contributed by atoms with Gasteiger partial charge in [-0.25, -0.2) is 9.98 Å². The number of hydrogen-bond donors (Lipinski definition) is 1. The van der Waals surface area contributed by atoms with Crippen LogP contribution >= 0.6 is 0 Å². The maximum absolute atomic E-state index is 5.13. The summed E-state index contributed by atoms with van der Waals surface area (Å²) in [5, 5.41) is 6.52. The number of ether oxygens (including phenoxy) is 1. The van der Waals surface area contributed by atoms with Crippen LogP contribution in [0.4, 0.5) is 5.82 Å². The third-order valence-electron chi connectivity index (χ3n) is 4.00. The first kappa shape index (κ1) is 14.7. The van der Waals surface area contributed by atoms with E-state index in [2.05, 4.69) is 26.4 Å². The van der Waals surface area contributed by atoms with Gasteiger partial charge in [-0.05, 0) is 12.1 Å². The number of pyridine rings is 2. The van der Waals surface area contributed by atoms with E-state index in [-0.39, 0.29) is 0 Å². The number of hydrogen-bond acceptors (Lipinski definition) is 6. The molecule has 1 aromatic carbocycles. The third-order valence-corrected chi connectivity index (χ3v) is 4.00. The highest BCUT2D eigenvalue weighted by Gasteiger charge is 2.15. The van der Waals surface area contributed by atoms with Gasteiger partial charge in [0, 0.05) is 54.0 Å². The lowest BCUT2D eigenvalue weighted by Gasteiger charge is -2.13. The fraction of sp³-hybridized carbons (Fsp3) is 0.222. The SMILES string of the molecule is COCCNc1nc2c(C3=NCC=N3)cccc2c2cnccc12. The van der Waals surface area contributed by atoms with Crippen LogP contribution in [-0.4, -0.2) is 48.8 Å². The highest BCUT2D eigenvalue weighted by molar-refractivity contribution is 6.18. The molecule has 1 aliphatic rings. The van der Waals surface area contributed by atoms with E-state index in [0.29, 0.717) is 19.7 Å². The molecule has 3 aromatic rings. The number of benzene rings is 1. The van der Waals surface area contributed by atoms with Gasteiger partial charge in [0.2, 0.25) is 0 Å². The summed E-state index contributed by atoms with van der Waals surface area (Å²) in [7, 11) is 1.69. The lowest BCUT2D eigenvalue weighted by molar-refractivity contribution is 0.210. The summed E-state index contributed by atoms with van der Waals surface area (Å²) < 4.78 is 5.13. The average molecular weight is 319 g/mol. The lowest BCUT2D eigenvalue weighted by Crippen LogP contribution is -2.10. The Bertz CT molecular complexity index is 964. The molecule has 0 saturated carbocycles. The van der Waals surface area contributed by atoms with Crippen molar-refractivity contribution in [2.75, 3.05) is 32.1 Å². The second-order valence-electron chi connectivity index (χ2n) is 5.48. The molecule has 0 radical (unpaired) electrons. The standard InChI is InChI=1S/C18H17N5O/c1-24-10-9-22-18-13-5-6-19-11-15(13)12-3-2-4-14(16(12)23-18)17-20-7-8-21-17/h2-7,11H,8-10H2,1H3,(H,22,23). The van der Waals surface area contributed by atoms with Crippen molar-refractivity contribution >= 4 is 39.5 Å². The topological polar surface area (TPSA) is 71.8 Å². The van der Waals surface area contributed by atoms with Crippen molar-refractivity contribution < 1.29 is 4.74 Å². The van der Waals surface area contributed by atoms with E-state index in [0.717, 1.165) is 38.9 Å². The minimum Gasteiger partial charge on any atom is -0.383 e. The molecule has 6 nitrogen and oxygen atoms in total. The zero-order valence-corrected chi connectivity index (χ0v) is 13.4. The molecule has 1 aliphatic heterocycles. The van der Waals surface area contributed by atoms with E-state index in [1.807, 2.05) is 30.6 Å². The maximum Gasteiger partial charge on any atom is 0.156 e. The predicted molar refractivity (Wildman–Crippen MR) is 97.3 cm³/mol. The Balaban J connectivity index is 1.96. The third kappa shape index (κ3) is 2.51. The Morgan fingerprint density at radius 1 is 1.17 bits per heavy atom. The average Bonchev–Trinajstić information content (AvgIpc) is 3.16. The van der Waals surface area contributed by atoms with E-state index < -0.39 is 0 Å². The van der Waals surface area contributed by atoms with Crippen molar-refractivity contribution in [3.63, 3.8) is 0 Å². The summed E-state index contributed by atoms with van der Waals surface area (Å²) in [6.07, 6.45) is 5.48. The predicted octanol–water partition coefficient (Wildman–Crippen LogP) is 2.67. The summed E-state index contributed by atoms with van der Waals surface area (Å²) in [6.45, 7) is 1.93. The number of nitrogens with one attached hydrogen (secondary N) is 1. The van der Waals surface area contributed by atoms with E-state index in [1.165, 1.54) is 0 Å². The van der Waals surface area contributed by atoms with Crippen LogP contribution in [0.2, 0.25) is 0 Å². The second kappa shape index (κ2) is 6.33. The highest BCUT2D eigenvalue weighted by atomic mass is 16.5. The molecular formula is C18H17N5O. The minimum absolute atomic E-state index is 0.616.